The maximum Gasteiger partial charge on any atom is 0.471 e. The Morgan fingerprint density at radius 1 is 1.05 bits per heavy atom. The van der Waals surface area contributed by atoms with E-state index in [0.717, 1.165) is 4.90 Å². The smallest absolute Gasteiger partial charge is 0.471 e. The quantitative estimate of drug-likeness (QED) is 0.466. The van der Waals surface area contributed by atoms with Crippen molar-refractivity contribution < 1.29 is 35.9 Å². The zero-order valence-electron chi connectivity index (χ0n) is 20.9. The van der Waals surface area contributed by atoms with Gasteiger partial charge in [0.15, 0.2) is 0 Å². The fourth-order valence-corrected chi connectivity index (χ4v) is 4.94. The van der Waals surface area contributed by atoms with Crippen LogP contribution in [0.3, 0.4) is 0 Å². The molecule has 0 bridgehead atoms. The first-order chi connectivity index (χ1) is 17.9. The molecule has 0 saturated heterocycles. The highest BCUT2D eigenvalue weighted by Crippen LogP contribution is 2.35. The molecule has 0 aliphatic carbocycles. The Hall–Kier alpha value is -3.05. The van der Waals surface area contributed by atoms with E-state index < -0.39 is 21.1 Å². The van der Waals surface area contributed by atoms with Gasteiger partial charge in [0.2, 0.25) is 0 Å². The standard InChI is InChI=1S/C26H28ClF3N2O5S/c1-3-31(4-2)24(33)19-10-8-18(9-11-19)21-7-5-14-32(25(34)26(28,29)30)15-6-16-37-23-13-12-20(17-22(21)23)38(27,35)36/h7-13,17H,3-6,14-16H2,1-2H3/b21-7-. The van der Waals surface area contributed by atoms with E-state index in [1.807, 2.05) is 13.8 Å². The van der Waals surface area contributed by atoms with Crippen molar-refractivity contribution in [2.45, 2.75) is 37.8 Å². The van der Waals surface area contributed by atoms with Gasteiger partial charge in [0.1, 0.15) is 5.75 Å². The number of fused-ring (bicyclic) bond motifs is 1. The van der Waals surface area contributed by atoms with Crippen LogP contribution in [0.25, 0.3) is 5.57 Å². The van der Waals surface area contributed by atoms with Gasteiger partial charge < -0.3 is 14.5 Å². The summed E-state index contributed by atoms with van der Waals surface area (Å²) in [5, 5.41) is 0. The van der Waals surface area contributed by atoms with Crippen LogP contribution < -0.4 is 4.74 Å². The van der Waals surface area contributed by atoms with Crippen molar-refractivity contribution in [3.05, 3.63) is 65.2 Å². The molecule has 2 aromatic carbocycles. The molecule has 0 N–H and O–H groups in total. The van der Waals surface area contributed by atoms with Crippen LogP contribution in [0.4, 0.5) is 13.2 Å². The van der Waals surface area contributed by atoms with E-state index in [1.54, 1.807) is 35.2 Å². The molecular formula is C26H28ClF3N2O5S. The van der Waals surface area contributed by atoms with Gasteiger partial charge in [-0.05, 0) is 68.2 Å². The Labute approximate surface area is 224 Å². The minimum absolute atomic E-state index is 0.00774. The zero-order chi connectivity index (χ0) is 28.1. The summed E-state index contributed by atoms with van der Waals surface area (Å²) >= 11 is 0. The molecule has 0 radical (unpaired) electrons. The number of hydrogen-bond acceptors (Lipinski definition) is 5. The van der Waals surface area contributed by atoms with Gasteiger partial charge in [0.05, 0.1) is 11.5 Å². The molecule has 2 amide bonds. The van der Waals surface area contributed by atoms with Crippen LogP contribution in [0.2, 0.25) is 0 Å². The van der Waals surface area contributed by atoms with E-state index in [4.69, 9.17) is 15.4 Å². The first-order valence-electron chi connectivity index (χ1n) is 12.0. The Morgan fingerprint density at radius 3 is 2.29 bits per heavy atom. The van der Waals surface area contributed by atoms with Crippen LogP contribution in [0.5, 0.6) is 5.75 Å². The molecule has 38 heavy (non-hydrogen) atoms. The van der Waals surface area contributed by atoms with Crippen LogP contribution in [0.1, 0.15) is 48.2 Å². The van der Waals surface area contributed by atoms with E-state index in [-0.39, 0.29) is 43.3 Å². The first-order valence-corrected chi connectivity index (χ1v) is 14.4. The molecule has 12 heteroatoms. The van der Waals surface area contributed by atoms with Gasteiger partial charge in [-0.15, -0.1) is 0 Å². The summed E-state index contributed by atoms with van der Waals surface area (Å²) < 4.78 is 69.3. The number of amides is 2. The minimum atomic E-state index is -5.01. The Balaban J connectivity index is 2.09. The number of ether oxygens (including phenoxy) is 1. The third-order valence-electron chi connectivity index (χ3n) is 6.12. The molecule has 206 valence electrons. The third kappa shape index (κ3) is 7.08. The fraction of sp³-hybridized carbons (Fsp3) is 0.385. The Morgan fingerprint density at radius 2 is 1.71 bits per heavy atom. The van der Waals surface area contributed by atoms with E-state index in [2.05, 4.69) is 0 Å². The average molecular weight is 573 g/mol. The number of rotatable bonds is 5. The summed E-state index contributed by atoms with van der Waals surface area (Å²) in [6, 6.07) is 10.7. The maximum absolute atomic E-state index is 13.1. The van der Waals surface area contributed by atoms with E-state index in [9.17, 15) is 31.2 Å². The normalized spacial score (nSPS) is 16.4. The number of halogens is 4. The summed E-state index contributed by atoms with van der Waals surface area (Å²) in [6.45, 7) is 4.44. The van der Waals surface area contributed by atoms with Gasteiger partial charge in [-0.2, -0.15) is 13.2 Å². The van der Waals surface area contributed by atoms with E-state index in [0.29, 0.717) is 41.1 Å². The Kier molecular flexibility index (Phi) is 9.48. The van der Waals surface area contributed by atoms with Crippen LogP contribution in [-0.2, 0) is 13.8 Å². The molecule has 0 fully saturated rings. The molecule has 7 nitrogen and oxygen atoms in total. The predicted octanol–water partition coefficient (Wildman–Crippen LogP) is 5.09. The summed E-state index contributed by atoms with van der Waals surface area (Å²) in [5.41, 5.74) is 1.85. The maximum atomic E-state index is 13.1. The van der Waals surface area contributed by atoms with Gasteiger partial charge in [-0.3, -0.25) is 9.59 Å². The second-order valence-corrected chi connectivity index (χ2v) is 11.1. The summed E-state index contributed by atoms with van der Waals surface area (Å²) in [6.07, 6.45) is -3.20. The van der Waals surface area contributed by atoms with Gasteiger partial charge in [-0.25, -0.2) is 8.42 Å². The highest BCUT2D eigenvalue weighted by atomic mass is 35.7. The van der Waals surface area contributed by atoms with Crippen LogP contribution in [-0.4, -0.2) is 69.0 Å². The number of nitrogens with zero attached hydrogens (tertiary/aromatic N) is 2. The number of carbonyl (C=O) groups is 2. The van der Waals surface area contributed by atoms with Crippen molar-refractivity contribution in [1.82, 2.24) is 9.80 Å². The van der Waals surface area contributed by atoms with Gasteiger partial charge in [0, 0.05) is 48.0 Å². The third-order valence-corrected chi connectivity index (χ3v) is 7.47. The van der Waals surface area contributed by atoms with Crippen molar-refractivity contribution in [2.24, 2.45) is 0 Å². The highest BCUT2D eigenvalue weighted by Gasteiger charge is 2.42. The van der Waals surface area contributed by atoms with Crippen molar-refractivity contribution >= 4 is 37.1 Å². The van der Waals surface area contributed by atoms with Crippen molar-refractivity contribution in [2.75, 3.05) is 32.8 Å². The molecule has 3 rings (SSSR count). The fourth-order valence-electron chi connectivity index (χ4n) is 4.16. The molecular weight excluding hydrogens is 545 g/mol. The van der Waals surface area contributed by atoms with Crippen LogP contribution >= 0.6 is 10.7 Å². The van der Waals surface area contributed by atoms with Gasteiger partial charge >= 0.3 is 12.1 Å². The summed E-state index contributed by atoms with van der Waals surface area (Å²) in [4.78, 5) is 26.9. The molecule has 0 spiro atoms. The molecule has 1 aliphatic heterocycles. The molecule has 2 aromatic rings. The molecule has 0 unspecified atom stereocenters. The minimum Gasteiger partial charge on any atom is -0.493 e. The van der Waals surface area contributed by atoms with Crippen molar-refractivity contribution in [1.29, 1.82) is 0 Å². The van der Waals surface area contributed by atoms with E-state index in [1.165, 1.54) is 18.2 Å². The number of carbonyl (C=O) groups excluding carboxylic acids is 2. The number of benzene rings is 2. The second kappa shape index (κ2) is 12.2. The van der Waals surface area contributed by atoms with E-state index >= 15 is 0 Å². The number of alkyl halides is 3. The highest BCUT2D eigenvalue weighted by molar-refractivity contribution is 8.13. The van der Waals surface area contributed by atoms with Gasteiger partial charge in [-0.1, -0.05) is 18.2 Å². The SMILES string of the molecule is CCN(CC)C(=O)c1ccc(/C2=C/CCN(C(=O)C(F)(F)F)CCCOc3ccc(S(=O)(=O)Cl)cc32)cc1. The van der Waals surface area contributed by atoms with Crippen LogP contribution in [0, 0.1) is 0 Å². The molecule has 0 saturated carbocycles. The molecule has 1 aliphatic rings. The zero-order valence-corrected chi connectivity index (χ0v) is 22.5. The lowest BCUT2D eigenvalue weighted by molar-refractivity contribution is -0.185. The van der Waals surface area contributed by atoms with Crippen molar-refractivity contribution in [3.8, 4) is 5.75 Å². The lowest BCUT2D eigenvalue weighted by atomic mass is 9.95. The monoisotopic (exact) mass is 572 g/mol. The molecule has 1 heterocycles. The van der Waals surface area contributed by atoms with Gasteiger partial charge in [0.25, 0.3) is 15.0 Å². The molecule has 0 atom stereocenters. The predicted molar refractivity (Wildman–Crippen MR) is 138 cm³/mol. The topological polar surface area (TPSA) is 84.0 Å². The average Bonchev–Trinajstić information content (AvgIpc) is 2.91. The summed E-state index contributed by atoms with van der Waals surface area (Å²) in [5.74, 6) is -1.78. The Bertz CT molecular complexity index is 1310. The molecule has 0 aromatic heterocycles. The largest absolute Gasteiger partial charge is 0.493 e. The first kappa shape index (κ1) is 29.5. The second-order valence-electron chi connectivity index (χ2n) is 8.55. The van der Waals surface area contributed by atoms with Crippen molar-refractivity contribution in [3.63, 3.8) is 0 Å². The lowest BCUT2D eigenvalue weighted by Crippen LogP contribution is -2.42. The van der Waals surface area contributed by atoms with Crippen LogP contribution in [0.15, 0.2) is 53.4 Å². The summed E-state index contributed by atoms with van der Waals surface area (Å²) in [7, 11) is 1.49. The number of hydrogen-bond donors (Lipinski definition) is 0. The lowest BCUT2D eigenvalue weighted by Gasteiger charge is -2.23.